The third-order valence-corrected chi connectivity index (χ3v) is 4.66. The van der Waals surface area contributed by atoms with Gasteiger partial charge < -0.3 is 0 Å². The van der Waals surface area contributed by atoms with E-state index in [4.69, 9.17) is 11.6 Å². The minimum atomic E-state index is -0.0394. The first-order valence-electron chi connectivity index (χ1n) is 4.31. The van der Waals surface area contributed by atoms with Crippen LogP contribution in [0.25, 0.3) is 0 Å². The monoisotopic (exact) mass is 378 g/mol. The number of carbonyl (C=O) groups is 1. The van der Waals surface area contributed by atoms with Crippen molar-refractivity contribution in [2.75, 3.05) is 0 Å². The molecule has 0 aliphatic rings. The summed E-state index contributed by atoms with van der Waals surface area (Å²) in [7, 11) is 0. The summed E-state index contributed by atoms with van der Waals surface area (Å²) in [6.45, 7) is 0. The molecular formula is C11H5Br2ClOS. The van der Waals surface area contributed by atoms with Crippen molar-refractivity contribution in [3.05, 3.63) is 54.1 Å². The van der Waals surface area contributed by atoms with Crippen LogP contribution in [0.5, 0.6) is 0 Å². The maximum Gasteiger partial charge on any atom is 0.196 e. The molecule has 82 valence electrons. The van der Waals surface area contributed by atoms with Crippen LogP contribution in [0.15, 0.2) is 37.9 Å². The number of hydrogen-bond donors (Lipinski definition) is 0. The molecule has 0 amide bonds. The molecule has 1 aromatic heterocycles. The van der Waals surface area contributed by atoms with Crippen LogP contribution in [-0.2, 0) is 0 Å². The van der Waals surface area contributed by atoms with Crippen molar-refractivity contribution < 1.29 is 4.79 Å². The Morgan fingerprint density at radius 2 is 1.88 bits per heavy atom. The molecule has 0 spiro atoms. The van der Waals surface area contributed by atoms with Crippen LogP contribution in [-0.4, -0.2) is 5.78 Å². The van der Waals surface area contributed by atoms with Gasteiger partial charge in [0, 0.05) is 35.9 Å². The standard InChI is InChI=1S/C11H5Br2ClOS/c12-9-2-1-6(14)3-7(9)11(15)8-4-16-5-10(8)13/h1-5H. The van der Waals surface area contributed by atoms with Crippen LogP contribution in [0, 0.1) is 0 Å². The van der Waals surface area contributed by atoms with E-state index in [1.54, 1.807) is 18.2 Å². The highest BCUT2D eigenvalue weighted by Gasteiger charge is 2.16. The molecule has 0 radical (unpaired) electrons. The number of ketones is 1. The van der Waals surface area contributed by atoms with Crippen LogP contribution in [0.2, 0.25) is 5.02 Å². The van der Waals surface area contributed by atoms with Crippen molar-refractivity contribution in [2.45, 2.75) is 0 Å². The summed E-state index contributed by atoms with van der Waals surface area (Å²) in [5.74, 6) is -0.0394. The predicted molar refractivity (Wildman–Crippen MR) is 74.6 cm³/mol. The van der Waals surface area contributed by atoms with Gasteiger partial charge in [-0.05, 0) is 34.1 Å². The first-order chi connectivity index (χ1) is 7.59. The van der Waals surface area contributed by atoms with Crippen molar-refractivity contribution in [3.8, 4) is 0 Å². The van der Waals surface area contributed by atoms with E-state index in [0.29, 0.717) is 16.1 Å². The highest BCUT2D eigenvalue weighted by atomic mass is 79.9. The zero-order valence-electron chi connectivity index (χ0n) is 7.84. The lowest BCUT2D eigenvalue weighted by molar-refractivity contribution is 0.103. The van der Waals surface area contributed by atoms with Crippen molar-refractivity contribution in [2.24, 2.45) is 0 Å². The van der Waals surface area contributed by atoms with Gasteiger partial charge in [0.15, 0.2) is 5.78 Å². The fourth-order valence-corrected chi connectivity index (χ4v) is 3.31. The lowest BCUT2D eigenvalue weighted by Crippen LogP contribution is -2.01. The Balaban J connectivity index is 2.49. The van der Waals surface area contributed by atoms with Gasteiger partial charge in [-0.25, -0.2) is 0 Å². The minimum Gasteiger partial charge on any atom is -0.288 e. The molecule has 0 saturated heterocycles. The molecular weight excluding hydrogens is 375 g/mol. The molecule has 5 heteroatoms. The summed E-state index contributed by atoms with van der Waals surface area (Å²) in [5, 5.41) is 4.25. The van der Waals surface area contributed by atoms with Gasteiger partial charge in [-0.15, -0.1) is 0 Å². The third kappa shape index (κ3) is 2.40. The SMILES string of the molecule is O=C(c1cscc1Br)c1cc(Cl)ccc1Br. The van der Waals surface area contributed by atoms with Gasteiger partial charge in [0.1, 0.15) is 0 Å². The predicted octanol–water partition coefficient (Wildman–Crippen LogP) is 5.16. The van der Waals surface area contributed by atoms with E-state index in [0.717, 1.165) is 8.95 Å². The molecule has 1 aromatic carbocycles. The Morgan fingerprint density at radius 3 is 2.50 bits per heavy atom. The Bertz CT molecular complexity index is 551. The molecule has 0 N–H and O–H groups in total. The second-order valence-electron chi connectivity index (χ2n) is 3.09. The summed E-state index contributed by atoms with van der Waals surface area (Å²) >= 11 is 14.1. The van der Waals surface area contributed by atoms with Gasteiger partial charge in [0.05, 0.1) is 0 Å². The Kier molecular flexibility index (Phi) is 3.85. The van der Waals surface area contributed by atoms with Gasteiger partial charge in [0.25, 0.3) is 0 Å². The van der Waals surface area contributed by atoms with E-state index in [9.17, 15) is 4.79 Å². The smallest absolute Gasteiger partial charge is 0.196 e. The molecule has 1 nitrogen and oxygen atoms in total. The molecule has 0 atom stereocenters. The molecule has 2 aromatic rings. The van der Waals surface area contributed by atoms with E-state index in [1.807, 2.05) is 10.8 Å². The highest BCUT2D eigenvalue weighted by molar-refractivity contribution is 9.11. The maximum absolute atomic E-state index is 12.2. The molecule has 0 fully saturated rings. The van der Waals surface area contributed by atoms with Crippen LogP contribution in [0.3, 0.4) is 0 Å². The van der Waals surface area contributed by atoms with Crippen molar-refractivity contribution >= 4 is 60.6 Å². The normalized spacial score (nSPS) is 10.4. The molecule has 2 rings (SSSR count). The van der Waals surface area contributed by atoms with Crippen molar-refractivity contribution in [3.63, 3.8) is 0 Å². The molecule has 0 aliphatic heterocycles. The van der Waals surface area contributed by atoms with Crippen molar-refractivity contribution in [1.82, 2.24) is 0 Å². The van der Waals surface area contributed by atoms with Crippen LogP contribution in [0.1, 0.15) is 15.9 Å². The van der Waals surface area contributed by atoms with E-state index in [-0.39, 0.29) is 5.78 Å². The molecule has 0 saturated carbocycles. The van der Waals surface area contributed by atoms with Gasteiger partial charge in [0.2, 0.25) is 0 Å². The Morgan fingerprint density at radius 1 is 1.12 bits per heavy atom. The quantitative estimate of drug-likeness (QED) is 0.658. The van der Waals surface area contributed by atoms with Gasteiger partial charge in [-0.3, -0.25) is 4.79 Å². The maximum atomic E-state index is 12.2. The topological polar surface area (TPSA) is 17.1 Å². The second-order valence-corrected chi connectivity index (χ2v) is 5.98. The van der Waals surface area contributed by atoms with E-state index in [1.165, 1.54) is 11.3 Å². The van der Waals surface area contributed by atoms with Gasteiger partial charge >= 0.3 is 0 Å². The summed E-state index contributed by atoms with van der Waals surface area (Å²) in [4.78, 5) is 12.2. The summed E-state index contributed by atoms with van der Waals surface area (Å²) in [6.07, 6.45) is 0. The molecule has 0 bridgehead atoms. The van der Waals surface area contributed by atoms with Gasteiger partial charge in [-0.1, -0.05) is 27.5 Å². The fourth-order valence-electron chi connectivity index (χ4n) is 1.26. The second kappa shape index (κ2) is 5.00. The first-order valence-corrected chi connectivity index (χ1v) is 7.21. The fraction of sp³-hybridized carbons (Fsp3) is 0. The number of thiophene rings is 1. The average molecular weight is 380 g/mol. The summed E-state index contributed by atoms with van der Waals surface area (Å²) in [6, 6.07) is 5.18. The number of rotatable bonds is 2. The first kappa shape index (κ1) is 12.3. The molecule has 0 aliphatic carbocycles. The summed E-state index contributed by atoms with van der Waals surface area (Å²) < 4.78 is 1.56. The molecule has 0 unspecified atom stereocenters. The summed E-state index contributed by atoms with van der Waals surface area (Å²) in [5.41, 5.74) is 1.24. The molecule has 1 heterocycles. The number of carbonyl (C=O) groups excluding carboxylic acids is 1. The zero-order chi connectivity index (χ0) is 11.7. The van der Waals surface area contributed by atoms with Crippen LogP contribution in [0.4, 0.5) is 0 Å². The van der Waals surface area contributed by atoms with E-state index in [2.05, 4.69) is 31.9 Å². The van der Waals surface area contributed by atoms with Gasteiger partial charge in [-0.2, -0.15) is 11.3 Å². The Labute approximate surface area is 119 Å². The number of halogens is 3. The average Bonchev–Trinajstić information content (AvgIpc) is 2.67. The van der Waals surface area contributed by atoms with E-state index >= 15 is 0 Å². The van der Waals surface area contributed by atoms with E-state index < -0.39 is 0 Å². The van der Waals surface area contributed by atoms with Crippen LogP contribution < -0.4 is 0 Å². The molecule has 16 heavy (non-hydrogen) atoms. The van der Waals surface area contributed by atoms with Crippen molar-refractivity contribution in [1.29, 1.82) is 0 Å². The number of benzene rings is 1. The largest absolute Gasteiger partial charge is 0.288 e. The minimum absolute atomic E-state index is 0.0394. The van der Waals surface area contributed by atoms with Crippen LogP contribution >= 0.6 is 54.8 Å². The highest BCUT2D eigenvalue weighted by Crippen LogP contribution is 2.28. The third-order valence-electron chi connectivity index (χ3n) is 2.03. The number of hydrogen-bond acceptors (Lipinski definition) is 2. The Hall–Kier alpha value is -0.160. The zero-order valence-corrected chi connectivity index (χ0v) is 12.6. The lowest BCUT2D eigenvalue weighted by atomic mass is 10.1. The lowest BCUT2D eigenvalue weighted by Gasteiger charge is -2.03.